The smallest absolute Gasteiger partial charge is 0.353 e. The Morgan fingerprint density at radius 1 is 0.956 bits per heavy atom. The third-order valence-corrected chi connectivity index (χ3v) is 10.9. The summed E-state index contributed by atoms with van der Waals surface area (Å²) in [4.78, 5) is 39.2. The summed E-state index contributed by atoms with van der Waals surface area (Å²) < 4.78 is 42.6. The van der Waals surface area contributed by atoms with E-state index in [0.717, 1.165) is 83.5 Å². The highest BCUT2D eigenvalue weighted by Gasteiger charge is 2.48. The molecular formula is C34H45F3N6O2. The van der Waals surface area contributed by atoms with Crippen LogP contribution in [0.5, 0.6) is 0 Å². The highest BCUT2D eigenvalue weighted by molar-refractivity contribution is 5.94. The van der Waals surface area contributed by atoms with E-state index in [1.54, 1.807) is 29.2 Å². The Morgan fingerprint density at radius 2 is 1.60 bits per heavy atom. The first-order valence-electron chi connectivity index (χ1n) is 16.6. The lowest BCUT2D eigenvalue weighted by Crippen LogP contribution is -2.50. The third kappa shape index (κ3) is 7.13. The molecule has 45 heavy (non-hydrogen) atoms. The molecule has 8 nitrogen and oxygen atoms in total. The monoisotopic (exact) mass is 626 g/mol. The van der Waals surface area contributed by atoms with Gasteiger partial charge in [0.2, 0.25) is 11.9 Å². The van der Waals surface area contributed by atoms with E-state index in [1.807, 2.05) is 7.05 Å². The Kier molecular flexibility index (Phi) is 9.36. The molecule has 244 valence electrons. The number of hydrogen-bond donors (Lipinski definition) is 2. The van der Waals surface area contributed by atoms with Gasteiger partial charge in [-0.2, -0.15) is 13.2 Å². The number of nitrogens with zero attached hydrogens (tertiary/aromatic N) is 4. The van der Waals surface area contributed by atoms with Crippen molar-refractivity contribution in [3.63, 3.8) is 0 Å². The van der Waals surface area contributed by atoms with Crippen LogP contribution in [0.4, 0.5) is 24.8 Å². The molecule has 1 aliphatic heterocycles. The Balaban J connectivity index is 1.18. The van der Waals surface area contributed by atoms with E-state index in [4.69, 9.17) is 0 Å². The van der Waals surface area contributed by atoms with Crippen molar-refractivity contribution in [2.24, 2.45) is 23.7 Å². The SMILES string of the molecule is CN1CCC(N(C)C(=O)c2ccc(Nc3ncc(C(F)(F)F)c(C[C@@H]4C5CCC(CC5)[C@@H]4C(=O)NC4CCCC4)n3)cc2)CC1. The van der Waals surface area contributed by atoms with Gasteiger partial charge in [-0.25, -0.2) is 9.97 Å². The second kappa shape index (κ2) is 13.3. The van der Waals surface area contributed by atoms with Gasteiger partial charge in [-0.3, -0.25) is 9.59 Å². The minimum atomic E-state index is -4.61. The predicted molar refractivity (Wildman–Crippen MR) is 166 cm³/mol. The summed E-state index contributed by atoms with van der Waals surface area (Å²) in [6.45, 7) is 1.91. The van der Waals surface area contributed by atoms with E-state index < -0.39 is 11.7 Å². The number of anilines is 2. The zero-order chi connectivity index (χ0) is 31.7. The Morgan fingerprint density at radius 3 is 2.24 bits per heavy atom. The summed E-state index contributed by atoms with van der Waals surface area (Å²) in [6.07, 6.45) is 6.15. The molecule has 5 aliphatic rings. The van der Waals surface area contributed by atoms with Crippen molar-refractivity contribution < 1.29 is 22.8 Å². The first kappa shape index (κ1) is 31.8. The van der Waals surface area contributed by atoms with Crippen LogP contribution in [0.3, 0.4) is 0 Å². The predicted octanol–water partition coefficient (Wildman–Crippen LogP) is 6.06. The molecule has 2 heterocycles. The Hall–Kier alpha value is -3.21. The van der Waals surface area contributed by atoms with Gasteiger partial charge in [-0.15, -0.1) is 0 Å². The number of alkyl halides is 3. The molecule has 1 aromatic carbocycles. The van der Waals surface area contributed by atoms with Gasteiger partial charge in [0.25, 0.3) is 5.91 Å². The lowest BCUT2D eigenvalue weighted by molar-refractivity contribution is -0.139. The van der Waals surface area contributed by atoms with Gasteiger partial charge in [-0.1, -0.05) is 12.8 Å². The topological polar surface area (TPSA) is 90.5 Å². The molecule has 0 unspecified atom stereocenters. The molecule has 0 spiro atoms. The minimum absolute atomic E-state index is 0.0124. The number of hydrogen-bond acceptors (Lipinski definition) is 6. The lowest BCUT2D eigenvalue weighted by Gasteiger charge is -2.48. The van der Waals surface area contributed by atoms with Gasteiger partial charge in [0.1, 0.15) is 0 Å². The summed E-state index contributed by atoms with van der Waals surface area (Å²) in [6, 6.07) is 7.24. The second-order valence-electron chi connectivity index (χ2n) is 13.8. The zero-order valence-corrected chi connectivity index (χ0v) is 26.3. The fourth-order valence-electron chi connectivity index (χ4n) is 8.31. The van der Waals surface area contributed by atoms with Crippen LogP contribution in [0.1, 0.15) is 85.8 Å². The normalized spacial score (nSPS) is 26.2. The summed E-state index contributed by atoms with van der Waals surface area (Å²) in [5.41, 5.74) is 0.208. The third-order valence-electron chi connectivity index (χ3n) is 10.9. The zero-order valence-electron chi connectivity index (χ0n) is 26.3. The van der Waals surface area contributed by atoms with Crippen molar-refractivity contribution in [1.82, 2.24) is 25.1 Å². The van der Waals surface area contributed by atoms with Crippen LogP contribution in [0.2, 0.25) is 0 Å². The number of fused-ring (bicyclic) bond motifs is 3. The second-order valence-corrected chi connectivity index (χ2v) is 13.8. The first-order chi connectivity index (χ1) is 21.6. The van der Waals surface area contributed by atoms with Gasteiger partial charge in [0.15, 0.2) is 0 Å². The van der Waals surface area contributed by atoms with E-state index in [1.165, 1.54) is 0 Å². The van der Waals surface area contributed by atoms with Crippen LogP contribution in [-0.4, -0.2) is 70.9 Å². The average Bonchev–Trinajstić information content (AvgIpc) is 3.54. The largest absolute Gasteiger partial charge is 0.419 e. The summed E-state index contributed by atoms with van der Waals surface area (Å²) in [7, 11) is 3.92. The van der Waals surface area contributed by atoms with Gasteiger partial charge in [0, 0.05) is 42.5 Å². The van der Waals surface area contributed by atoms with E-state index in [2.05, 4.69) is 32.5 Å². The molecule has 2 aromatic rings. The number of nitrogens with one attached hydrogen (secondary N) is 2. The van der Waals surface area contributed by atoms with Crippen molar-refractivity contribution in [3.05, 3.63) is 47.3 Å². The van der Waals surface area contributed by atoms with E-state index >= 15 is 0 Å². The van der Waals surface area contributed by atoms with Crippen LogP contribution in [-0.2, 0) is 17.4 Å². The maximum Gasteiger partial charge on any atom is 0.419 e. The van der Waals surface area contributed by atoms with E-state index in [9.17, 15) is 22.8 Å². The van der Waals surface area contributed by atoms with Gasteiger partial charge in [0.05, 0.1) is 11.3 Å². The van der Waals surface area contributed by atoms with Crippen LogP contribution in [0, 0.1) is 23.7 Å². The molecule has 2 atom stereocenters. The quantitative estimate of drug-likeness (QED) is 0.371. The fraction of sp³-hybridized carbons (Fsp3) is 0.647. The molecule has 2 bridgehead atoms. The average molecular weight is 627 g/mol. The molecule has 1 saturated heterocycles. The van der Waals surface area contributed by atoms with Crippen molar-refractivity contribution in [2.45, 2.75) is 88.9 Å². The highest BCUT2D eigenvalue weighted by Crippen LogP contribution is 2.50. The molecule has 0 radical (unpaired) electrons. The number of amides is 2. The molecule has 4 aliphatic carbocycles. The van der Waals surface area contributed by atoms with Gasteiger partial charge in [-0.05, 0) is 120 Å². The van der Waals surface area contributed by atoms with Gasteiger partial charge >= 0.3 is 6.18 Å². The van der Waals surface area contributed by atoms with Crippen LogP contribution in [0.15, 0.2) is 30.5 Å². The van der Waals surface area contributed by atoms with Crippen LogP contribution in [0.25, 0.3) is 0 Å². The van der Waals surface area contributed by atoms with Crippen molar-refractivity contribution in [2.75, 3.05) is 32.5 Å². The molecule has 11 heteroatoms. The molecular weight excluding hydrogens is 581 g/mol. The van der Waals surface area contributed by atoms with Crippen molar-refractivity contribution >= 4 is 23.5 Å². The van der Waals surface area contributed by atoms with Crippen molar-refractivity contribution in [3.8, 4) is 0 Å². The van der Waals surface area contributed by atoms with E-state index in [-0.39, 0.29) is 65.6 Å². The molecule has 7 rings (SSSR count). The summed E-state index contributed by atoms with van der Waals surface area (Å²) in [5, 5.41) is 6.28. The number of carbonyl (C=O) groups is 2. The van der Waals surface area contributed by atoms with Crippen LogP contribution >= 0.6 is 0 Å². The van der Waals surface area contributed by atoms with Crippen LogP contribution < -0.4 is 10.6 Å². The Labute approximate surface area is 263 Å². The first-order valence-corrected chi connectivity index (χ1v) is 16.6. The maximum absolute atomic E-state index is 14.2. The number of halogens is 3. The summed E-state index contributed by atoms with van der Waals surface area (Å²) >= 11 is 0. The highest BCUT2D eigenvalue weighted by atomic mass is 19.4. The summed E-state index contributed by atoms with van der Waals surface area (Å²) in [5.74, 6) is -0.0448. The Bertz CT molecular complexity index is 1350. The molecule has 2 amide bonds. The maximum atomic E-state index is 14.2. The van der Waals surface area contributed by atoms with Gasteiger partial charge < -0.3 is 20.4 Å². The number of rotatable bonds is 8. The molecule has 1 aromatic heterocycles. The standard InChI is InChI=1S/C34H45F3N6O2/c1-42-17-15-26(16-18-42)43(2)32(45)23-11-13-25(14-12-23)40-33-38-20-28(34(35,36)37)29(41-33)19-27-21-7-9-22(10-8-21)30(27)31(44)39-24-5-3-4-6-24/h11-14,20-22,24,26-27,30H,3-10,15-19H2,1-2H3,(H,39,44)(H,38,40,41)/t21?,22?,27-,30+/m1/s1. The number of benzene rings is 1. The number of carbonyl (C=O) groups excluding carboxylic acids is 2. The lowest BCUT2D eigenvalue weighted by atomic mass is 9.57. The molecule has 5 fully saturated rings. The number of likely N-dealkylation sites (tertiary alicyclic amines) is 1. The van der Waals surface area contributed by atoms with E-state index in [0.29, 0.717) is 11.3 Å². The molecule has 2 N–H and O–H groups in total. The molecule has 4 saturated carbocycles. The number of aromatic nitrogens is 2. The van der Waals surface area contributed by atoms with Crippen molar-refractivity contribution in [1.29, 1.82) is 0 Å². The minimum Gasteiger partial charge on any atom is -0.353 e. The fourth-order valence-corrected chi connectivity index (χ4v) is 8.31. The number of piperidine rings is 1.